The van der Waals surface area contributed by atoms with Crippen molar-refractivity contribution in [3.05, 3.63) is 56.2 Å². The summed E-state index contributed by atoms with van der Waals surface area (Å²) in [4.78, 5) is 39.0. The van der Waals surface area contributed by atoms with E-state index in [1.54, 1.807) is 18.2 Å². The Morgan fingerprint density at radius 3 is 2.58 bits per heavy atom. The number of fused-ring (bicyclic) bond motifs is 3. The van der Waals surface area contributed by atoms with Crippen LogP contribution in [0.2, 0.25) is 0 Å². The Morgan fingerprint density at radius 1 is 1.16 bits per heavy atom. The molecule has 1 aliphatic rings. The quantitative estimate of drug-likeness (QED) is 0.581. The minimum atomic E-state index is -0.760. The molecule has 0 radical (unpaired) electrons. The molecular formula is C13H10N2O4. The second kappa shape index (κ2) is 3.94. The van der Waals surface area contributed by atoms with Crippen LogP contribution in [-0.2, 0) is 9.53 Å². The molecule has 1 aliphatic carbocycles. The minimum absolute atomic E-state index is 0.404. The third-order valence-corrected chi connectivity index (χ3v) is 3.02. The summed E-state index contributed by atoms with van der Waals surface area (Å²) in [5.41, 5.74) is 0.899. The van der Waals surface area contributed by atoms with Gasteiger partial charge in [-0.3, -0.25) is 14.4 Å². The molecule has 0 amide bonds. The zero-order chi connectivity index (χ0) is 13.6. The maximum Gasteiger partial charge on any atom is 0.314 e. The van der Waals surface area contributed by atoms with Gasteiger partial charge in [-0.25, -0.2) is 0 Å². The van der Waals surface area contributed by atoms with Crippen LogP contribution in [0.5, 0.6) is 0 Å². The highest BCUT2D eigenvalue weighted by atomic mass is 16.5. The van der Waals surface area contributed by atoms with Gasteiger partial charge in [0.15, 0.2) is 6.10 Å². The van der Waals surface area contributed by atoms with Crippen LogP contribution in [0.25, 0.3) is 11.3 Å². The molecule has 0 fully saturated rings. The van der Waals surface area contributed by atoms with E-state index >= 15 is 0 Å². The van der Waals surface area contributed by atoms with Crippen LogP contribution in [0, 0.1) is 0 Å². The highest BCUT2D eigenvalue weighted by Gasteiger charge is 2.32. The number of H-pyrrole nitrogens is 2. The van der Waals surface area contributed by atoms with Crippen molar-refractivity contribution in [2.24, 2.45) is 0 Å². The third-order valence-electron chi connectivity index (χ3n) is 3.02. The van der Waals surface area contributed by atoms with Crippen LogP contribution in [0.15, 0.2) is 33.9 Å². The first kappa shape index (κ1) is 11.5. The Morgan fingerprint density at radius 2 is 1.84 bits per heavy atom. The molecule has 2 aromatic rings. The molecule has 0 spiro atoms. The number of carbonyl (C=O) groups is 1. The zero-order valence-corrected chi connectivity index (χ0v) is 10.0. The van der Waals surface area contributed by atoms with E-state index in [0.717, 1.165) is 11.1 Å². The predicted octanol–water partition coefficient (Wildman–Crippen LogP) is 0.696. The normalized spacial score (nSPS) is 15.7. The Labute approximate surface area is 107 Å². The molecule has 2 N–H and O–H groups in total. The van der Waals surface area contributed by atoms with Crippen molar-refractivity contribution in [1.82, 2.24) is 9.97 Å². The molecule has 1 heterocycles. The van der Waals surface area contributed by atoms with Gasteiger partial charge in [0.2, 0.25) is 0 Å². The lowest BCUT2D eigenvalue weighted by molar-refractivity contribution is -0.144. The number of esters is 1. The molecule has 0 aliphatic heterocycles. The number of hydrogen-bond donors (Lipinski definition) is 2. The Kier molecular flexibility index (Phi) is 2.38. The van der Waals surface area contributed by atoms with E-state index in [-0.39, 0.29) is 0 Å². The molecule has 6 heteroatoms. The number of benzene rings is 1. The fourth-order valence-corrected chi connectivity index (χ4v) is 2.29. The summed E-state index contributed by atoms with van der Waals surface area (Å²) >= 11 is 0. The Hall–Kier alpha value is -2.63. The fourth-order valence-electron chi connectivity index (χ4n) is 2.29. The number of nitrogens with one attached hydrogen (secondary N) is 2. The smallest absolute Gasteiger partial charge is 0.314 e. The van der Waals surface area contributed by atoms with E-state index < -0.39 is 23.2 Å². The fraction of sp³-hybridized carbons (Fsp3) is 0.154. The highest BCUT2D eigenvalue weighted by molar-refractivity contribution is 5.75. The summed E-state index contributed by atoms with van der Waals surface area (Å²) in [7, 11) is 0. The van der Waals surface area contributed by atoms with Crippen molar-refractivity contribution in [2.45, 2.75) is 13.0 Å². The molecule has 6 nitrogen and oxygen atoms in total. The molecule has 19 heavy (non-hydrogen) atoms. The molecule has 1 aromatic heterocycles. The molecule has 1 aromatic carbocycles. The molecule has 3 rings (SSSR count). The summed E-state index contributed by atoms with van der Waals surface area (Å²) in [6.07, 6.45) is -0.687. The standard InChI is InChI=1S/C13H10N2O4/c1-6(16)19-11-8-5-3-2-4-7(8)9-10(11)15-13(18)12(17)14-9/h2-5,11H,1H3,(H,14,17)(H,15,18). The van der Waals surface area contributed by atoms with Crippen LogP contribution in [0.3, 0.4) is 0 Å². The van der Waals surface area contributed by atoms with Crippen molar-refractivity contribution < 1.29 is 9.53 Å². The summed E-state index contributed by atoms with van der Waals surface area (Å²) in [5, 5.41) is 0. The highest BCUT2D eigenvalue weighted by Crippen LogP contribution is 2.41. The molecule has 0 saturated carbocycles. The van der Waals surface area contributed by atoms with Crippen molar-refractivity contribution in [1.29, 1.82) is 0 Å². The largest absolute Gasteiger partial charge is 0.451 e. The lowest BCUT2D eigenvalue weighted by Gasteiger charge is -2.12. The van der Waals surface area contributed by atoms with Gasteiger partial charge < -0.3 is 14.7 Å². The van der Waals surface area contributed by atoms with Crippen LogP contribution in [0.4, 0.5) is 0 Å². The Bertz CT molecular complexity index is 788. The first-order valence-electron chi connectivity index (χ1n) is 5.71. The zero-order valence-electron chi connectivity index (χ0n) is 10.0. The van der Waals surface area contributed by atoms with Gasteiger partial charge in [0, 0.05) is 18.1 Å². The topological polar surface area (TPSA) is 92.0 Å². The van der Waals surface area contributed by atoms with Crippen molar-refractivity contribution in [2.75, 3.05) is 0 Å². The monoisotopic (exact) mass is 258 g/mol. The molecule has 1 atom stereocenters. The van der Waals surface area contributed by atoms with Crippen molar-refractivity contribution in [3.8, 4) is 11.3 Å². The van der Waals surface area contributed by atoms with E-state index in [4.69, 9.17) is 4.74 Å². The van der Waals surface area contributed by atoms with Gasteiger partial charge in [-0.1, -0.05) is 24.3 Å². The van der Waals surface area contributed by atoms with E-state index in [9.17, 15) is 14.4 Å². The van der Waals surface area contributed by atoms with Gasteiger partial charge in [-0.2, -0.15) is 0 Å². The van der Waals surface area contributed by atoms with E-state index in [1.165, 1.54) is 6.92 Å². The van der Waals surface area contributed by atoms with Crippen molar-refractivity contribution in [3.63, 3.8) is 0 Å². The predicted molar refractivity (Wildman–Crippen MR) is 66.7 cm³/mol. The molecular weight excluding hydrogens is 248 g/mol. The number of carbonyl (C=O) groups excluding carboxylic acids is 1. The van der Waals surface area contributed by atoms with E-state index in [1.807, 2.05) is 6.07 Å². The summed E-state index contributed by atoms with van der Waals surface area (Å²) < 4.78 is 5.23. The third kappa shape index (κ3) is 1.69. The first-order valence-corrected chi connectivity index (χ1v) is 5.71. The van der Waals surface area contributed by atoms with Gasteiger partial charge in [0.1, 0.15) is 0 Å². The Balaban J connectivity index is 2.30. The molecule has 0 bridgehead atoms. The summed E-state index contributed by atoms with van der Waals surface area (Å²) in [5.74, 6) is -0.459. The SMILES string of the molecule is CC(=O)OC1c2ccccc2-c2[nH]c(=O)c(=O)[nH]c21. The molecule has 0 saturated heterocycles. The average molecular weight is 258 g/mol. The summed E-state index contributed by atoms with van der Waals surface area (Å²) in [6, 6.07) is 7.20. The number of aromatic amines is 2. The number of rotatable bonds is 1. The second-order valence-electron chi connectivity index (χ2n) is 4.27. The lowest BCUT2D eigenvalue weighted by Crippen LogP contribution is -2.31. The van der Waals surface area contributed by atoms with E-state index in [2.05, 4.69) is 9.97 Å². The first-order chi connectivity index (χ1) is 9.08. The van der Waals surface area contributed by atoms with Gasteiger partial charge in [-0.15, -0.1) is 0 Å². The van der Waals surface area contributed by atoms with Gasteiger partial charge in [0.05, 0.1) is 11.4 Å². The maximum atomic E-state index is 11.4. The lowest BCUT2D eigenvalue weighted by atomic mass is 10.1. The van der Waals surface area contributed by atoms with Crippen LogP contribution in [0.1, 0.15) is 24.3 Å². The average Bonchev–Trinajstić information content (AvgIpc) is 2.65. The minimum Gasteiger partial charge on any atom is -0.451 e. The molecule has 96 valence electrons. The van der Waals surface area contributed by atoms with Gasteiger partial charge >= 0.3 is 17.1 Å². The number of ether oxygens (including phenoxy) is 1. The number of hydrogen-bond acceptors (Lipinski definition) is 4. The van der Waals surface area contributed by atoms with Crippen molar-refractivity contribution >= 4 is 5.97 Å². The summed E-state index contributed by atoms with van der Waals surface area (Å²) in [6.45, 7) is 1.30. The van der Waals surface area contributed by atoms with E-state index in [0.29, 0.717) is 11.4 Å². The van der Waals surface area contributed by atoms with Gasteiger partial charge in [-0.05, 0) is 0 Å². The van der Waals surface area contributed by atoms with Crippen LogP contribution < -0.4 is 11.1 Å². The number of aromatic nitrogens is 2. The van der Waals surface area contributed by atoms with Crippen LogP contribution >= 0.6 is 0 Å². The van der Waals surface area contributed by atoms with Crippen LogP contribution in [-0.4, -0.2) is 15.9 Å². The molecule has 1 unspecified atom stereocenters. The van der Waals surface area contributed by atoms with Gasteiger partial charge in [0.25, 0.3) is 0 Å². The maximum absolute atomic E-state index is 11.4. The second-order valence-corrected chi connectivity index (χ2v) is 4.27.